The zero-order valence-corrected chi connectivity index (χ0v) is 38.0. The molecule has 0 aliphatic carbocycles. The van der Waals surface area contributed by atoms with Gasteiger partial charge >= 0.3 is 0 Å². The summed E-state index contributed by atoms with van der Waals surface area (Å²) in [6.07, 6.45) is 0. The minimum Gasteiger partial charge on any atom is -0.308 e. The van der Waals surface area contributed by atoms with Crippen molar-refractivity contribution in [2.24, 2.45) is 0 Å². The average Bonchev–Trinajstić information content (AvgIpc) is 3.92. The number of hydrogen-bond acceptors (Lipinski definition) is 3. The molecule has 0 saturated carbocycles. The standard InChI is InChI=1S/C59H48N6/c1-33-25-37(5)53-45(29-33)46-30-34(2)26-38(6)54(46)64(53)51-23-15-11-19-43(51)57-60-58(62-59(61-57)63-49-21-13-9-17-41(49)42-18-10-14-22-50(42)63)44-20-12-16-24-52(44)65-55-39(7)27-35(3)31-47(55)48-32-36(4)28-40(8)56(48)65/h9-32H,1-8H3. The fourth-order valence-corrected chi connectivity index (χ4v) is 11.1. The Balaban J connectivity index is 1.20. The van der Waals surface area contributed by atoms with Crippen LogP contribution in [0.15, 0.2) is 146 Å². The fraction of sp³-hybridized carbons (Fsp3) is 0.136. The van der Waals surface area contributed by atoms with Gasteiger partial charge in [0.1, 0.15) is 0 Å². The van der Waals surface area contributed by atoms with E-state index in [1.807, 2.05) is 0 Å². The van der Waals surface area contributed by atoms with Crippen molar-refractivity contribution in [3.63, 3.8) is 0 Å². The first-order chi connectivity index (χ1) is 31.5. The highest BCUT2D eigenvalue weighted by Crippen LogP contribution is 2.42. The largest absolute Gasteiger partial charge is 0.308 e. The van der Waals surface area contributed by atoms with Gasteiger partial charge in [-0.15, -0.1) is 0 Å². The van der Waals surface area contributed by atoms with Crippen LogP contribution in [-0.4, -0.2) is 28.7 Å². The van der Waals surface area contributed by atoms with Crippen LogP contribution in [0, 0.1) is 55.4 Å². The van der Waals surface area contributed by atoms with Gasteiger partial charge in [0.05, 0.1) is 44.5 Å². The summed E-state index contributed by atoms with van der Waals surface area (Å²) < 4.78 is 7.12. The van der Waals surface area contributed by atoms with Gasteiger partial charge in [0.25, 0.3) is 0 Å². The third-order valence-electron chi connectivity index (χ3n) is 13.4. The number of aryl methyl sites for hydroxylation is 8. The second-order valence-electron chi connectivity index (χ2n) is 18.3. The number of hydrogen-bond donors (Lipinski definition) is 0. The molecule has 0 fully saturated rings. The molecule has 8 aromatic carbocycles. The molecule has 0 aliphatic heterocycles. The molecule has 0 N–H and O–H groups in total. The first kappa shape index (κ1) is 38.8. The van der Waals surface area contributed by atoms with Crippen molar-refractivity contribution >= 4 is 65.4 Å². The van der Waals surface area contributed by atoms with Crippen LogP contribution in [0.5, 0.6) is 0 Å². The minimum absolute atomic E-state index is 0.564. The molecule has 12 rings (SSSR count). The highest BCUT2D eigenvalue weighted by Gasteiger charge is 2.25. The van der Waals surface area contributed by atoms with E-state index in [0.29, 0.717) is 17.6 Å². The van der Waals surface area contributed by atoms with E-state index in [1.54, 1.807) is 0 Å². The summed E-state index contributed by atoms with van der Waals surface area (Å²) in [5.41, 5.74) is 20.6. The maximum atomic E-state index is 5.59. The second kappa shape index (κ2) is 14.3. The van der Waals surface area contributed by atoms with Crippen LogP contribution in [0.3, 0.4) is 0 Å². The monoisotopic (exact) mass is 840 g/mol. The molecule has 6 nitrogen and oxygen atoms in total. The third kappa shape index (κ3) is 5.83. The van der Waals surface area contributed by atoms with Crippen molar-refractivity contribution in [1.29, 1.82) is 0 Å². The zero-order valence-electron chi connectivity index (χ0n) is 38.0. The summed E-state index contributed by atoms with van der Waals surface area (Å²) in [7, 11) is 0. The third-order valence-corrected chi connectivity index (χ3v) is 13.4. The molecular weight excluding hydrogens is 793 g/mol. The van der Waals surface area contributed by atoms with Gasteiger partial charge in [-0.3, -0.25) is 4.57 Å². The smallest absolute Gasteiger partial charge is 0.238 e. The molecule has 65 heavy (non-hydrogen) atoms. The van der Waals surface area contributed by atoms with E-state index in [2.05, 4.69) is 215 Å². The number of aromatic nitrogens is 6. The topological polar surface area (TPSA) is 53.5 Å². The predicted molar refractivity (Wildman–Crippen MR) is 272 cm³/mol. The maximum absolute atomic E-state index is 5.59. The Hall–Kier alpha value is -7.83. The van der Waals surface area contributed by atoms with Crippen LogP contribution in [0.25, 0.3) is 106 Å². The van der Waals surface area contributed by atoms with Crippen LogP contribution in [-0.2, 0) is 0 Å². The van der Waals surface area contributed by atoms with Gasteiger partial charge in [-0.2, -0.15) is 9.97 Å². The molecule has 0 unspecified atom stereocenters. The Kier molecular flexibility index (Phi) is 8.57. The van der Waals surface area contributed by atoms with Gasteiger partial charge in [0.2, 0.25) is 5.95 Å². The van der Waals surface area contributed by atoms with Gasteiger partial charge in [-0.1, -0.05) is 107 Å². The summed E-state index contributed by atoms with van der Waals surface area (Å²) in [6.45, 7) is 17.7. The van der Waals surface area contributed by atoms with Gasteiger partial charge in [0, 0.05) is 43.4 Å². The Labute approximate surface area is 378 Å². The molecule has 314 valence electrons. The average molecular weight is 841 g/mol. The van der Waals surface area contributed by atoms with Crippen molar-refractivity contribution in [3.05, 3.63) is 190 Å². The lowest BCUT2D eigenvalue weighted by atomic mass is 10.0. The van der Waals surface area contributed by atoms with Gasteiger partial charge in [-0.05, 0) is 138 Å². The zero-order chi connectivity index (χ0) is 44.4. The van der Waals surface area contributed by atoms with Crippen LogP contribution in [0.4, 0.5) is 0 Å². The molecule has 0 radical (unpaired) electrons. The molecule has 0 aliphatic rings. The minimum atomic E-state index is 0.564. The maximum Gasteiger partial charge on any atom is 0.238 e. The highest BCUT2D eigenvalue weighted by atomic mass is 15.2. The summed E-state index contributed by atoms with van der Waals surface area (Å²) in [5.74, 6) is 1.76. The van der Waals surface area contributed by atoms with Crippen molar-refractivity contribution in [1.82, 2.24) is 28.7 Å². The Bertz CT molecular complexity index is 3600. The quantitative estimate of drug-likeness (QED) is 0.173. The number of rotatable bonds is 5. The van der Waals surface area contributed by atoms with Gasteiger partial charge in [0.15, 0.2) is 11.6 Å². The first-order valence-electron chi connectivity index (χ1n) is 22.5. The van der Waals surface area contributed by atoms with E-state index in [-0.39, 0.29) is 0 Å². The second-order valence-corrected chi connectivity index (χ2v) is 18.3. The molecule has 0 amide bonds. The van der Waals surface area contributed by atoms with E-state index < -0.39 is 0 Å². The van der Waals surface area contributed by atoms with Gasteiger partial charge < -0.3 is 9.13 Å². The first-order valence-corrected chi connectivity index (χ1v) is 22.5. The number of benzene rings is 8. The van der Waals surface area contributed by atoms with E-state index in [4.69, 9.17) is 15.0 Å². The molecular formula is C59H48N6. The molecule has 0 spiro atoms. The Morgan fingerprint density at radius 3 is 1.00 bits per heavy atom. The normalized spacial score (nSPS) is 12.0. The van der Waals surface area contributed by atoms with E-state index >= 15 is 0 Å². The highest BCUT2D eigenvalue weighted by molar-refractivity contribution is 6.14. The number of para-hydroxylation sites is 4. The summed E-state index contributed by atoms with van der Waals surface area (Å²) in [5, 5.41) is 7.29. The number of nitrogens with zero attached hydrogens (tertiary/aromatic N) is 6. The van der Waals surface area contributed by atoms with E-state index in [9.17, 15) is 0 Å². The number of fused-ring (bicyclic) bond motifs is 9. The Morgan fingerprint density at radius 1 is 0.308 bits per heavy atom. The SMILES string of the molecule is Cc1cc(C)c2c(c1)c1cc(C)cc(C)c1n2-c1ccccc1-c1nc(-c2ccccc2-n2c3c(C)cc(C)cc3c3cc(C)cc(C)c32)nc(-n2c3ccccc3c3ccccc32)n1. The molecule has 0 atom stereocenters. The fourth-order valence-electron chi connectivity index (χ4n) is 11.1. The van der Waals surface area contributed by atoms with Crippen molar-refractivity contribution in [2.75, 3.05) is 0 Å². The Morgan fingerprint density at radius 2 is 0.631 bits per heavy atom. The van der Waals surface area contributed by atoms with Gasteiger partial charge in [-0.25, -0.2) is 4.98 Å². The predicted octanol–water partition coefficient (Wildman–Crippen LogP) is 15.0. The van der Waals surface area contributed by atoms with E-state index in [0.717, 1.165) is 44.3 Å². The summed E-state index contributed by atoms with van der Waals surface area (Å²) in [6, 6.07) is 52.9. The molecule has 4 aromatic heterocycles. The van der Waals surface area contributed by atoms with Crippen molar-refractivity contribution in [3.8, 4) is 40.1 Å². The van der Waals surface area contributed by atoms with Crippen molar-refractivity contribution in [2.45, 2.75) is 55.4 Å². The molecule has 0 saturated heterocycles. The van der Waals surface area contributed by atoms with Crippen LogP contribution < -0.4 is 0 Å². The lowest BCUT2D eigenvalue weighted by Crippen LogP contribution is -2.09. The van der Waals surface area contributed by atoms with Crippen LogP contribution >= 0.6 is 0 Å². The molecule has 6 heteroatoms. The van der Waals surface area contributed by atoms with Crippen LogP contribution in [0.2, 0.25) is 0 Å². The molecule has 4 heterocycles. The van der Waals surface area contributed by atoms with E-state index in [1.165, 1.54) is 88.1 Å². The molecule has 0 bridgehead atoms. The summed E-state index contributed by atoms with van der Waals surface area (Å²) >= 11 is 0. The summed E-state index contributed by atoms with van der Waals surface area (Å²) in [4.78, 5) is 16.7. The lowest BCUT2D eigenvalue weighted by Gasteiger charge is -2.18. The van der Waals surface area contributed by atoms with Crippen LogP contribution in [0.1, 0.15) is 44.5 Å². The lowest BCUT2D eigenvalue weighted by molar-refractivity contribution is 0.949. The molecule has 12 aromatic rings. The van der Waals surface area contributed by atoms with Crippen molar-refractivity contribution < 1.29 is 0 Å².